The van der Waals surface area contributed by atoms with E-state index in [0.29, 0.717) is 10.7 Å². The highest BCUT2D eigenvalue weighted by atomic mass is 35.5. The molecule has 0 spiro atoms. The van der Waals surface area contributed by atoms with Gasteiger partial charge in [0.25, 0.3) is 0 Å². The lowest BCUT2D eigenvalue weighted by atomic mass is 10.2. The summed E-state index contributed by atoms with van der Waals surface area (Å²) >= 11 is 7.10. The zero-order valence-corrected chi connectivity index (χ0v) is 11.7. The lowest BCUT2D eigenvalue weighted by molar-refractivity contribution is 0.584. The SMILES string of the molecule is CSc1nc(Cl)cc(Nc2c(F)ccc(C)c2F)n1. The highest BCUT2D eigenvalue weighted by molar-refractivity contribution is 7.98. The molecule has 1 aromatic carbocycles. The number of nitrogens with zero attached hydrogens (tertiary/aromatic N) is 2. The molecule has 0 radical (unpaired) electrons. The van der Waals surface area contributed by atoms with Gasteiger partial charge in [0, 0.05) is 6.07 Å². The van der Waals surface area contributed by atoms with Gasteiger partial charge in [-0.05, 0) is 24.8 Å². The van der Waals surface area contributed by atoms with E-state index >= 15 is 0 Å². The quantitative estimate of drug-likeness (QED) is 0.524. The molecule has 0 saturated carbocycles. The van der Waals surface area contributed by atoms with Gasteiger partial charge >= 0.3 is 0 Å². The van der Waals surface area contributed by atoms with E-state index in [9.17, 15) is 8.78 Å². The number of halogens is 3. The van der Waals surface area contributed by atoms with Gasteiger partial charge in [-0.25, -0.2) is 18.7 Å². The molecule has 7 heteroatoms. The van der Waals surface area contributed by atoms with E-state index in [2.05, 4.69) is 15.3 Å². The number of benzene rings is 1. The summed E-state index contributed by atoms with van der Waals surface area (Å²) in [6.45, 7) is 1.56. The Bertz CT molecular complexity index is 622. The van der Waals surface area contributed by atoms with Gasteiger partial charge in [0.05, 0.1) is 0 Å². The fourth-order valence-corrected chi connectivity index (χ4v) is 2.06. The Balaban J connectivity index is 2.41. The highest BCUT2D eigenvalue weighted by Gasteiger charge is 2.13. The van der Waals surface area contributed by atoms with Crippen LogP contribution in [0.1, 0.15) is 5.56 Å². The number of nitrogens with one attached hydrogen (secondary N) is 1. The van der Waals surface area contributed by atoms with Crippen molar-refractivity contribution in [2.45, 2.75) is 12.1 Å². The van der Waals surface area contributed by atoms with E-state index in [1.807, 2.05) is 0 Å². The Hall–Kier alpha value is -1.40. The molecular weight excluding hydrogens is 292 g/mol. The maximum atomic E-state index is 13.8. The van der Waals surface area contributed by atoms with Gasteiger partial charge < -0.3 is 5.32 Å². The van der Waals surface area contributed by atoms with Gasteiger partial charge in [0.15, 0.2) is 11.0 Å². The average Bonchev–Trinajstić information content (AvgIpc) is 2.38. The van der Waals surface area contributed by atoms with Crippen LogP contribution >= 0.6 is 23.4 Å². The average molecular weight is 302 g/mol. The van der Waals surface area contributed by atoms with E-state index in [1.54, 1.807) is 13.2 Å². The molecule has 2 aromatic rings. The summed E-state index contributed by atoms with van der Waals surface area (Å²) in [4.78, 5) is 8.03. The van der Waals surface area contributed by atoms with Crippen LogP contribution in [-0.4, -0.2) is 16.2 Å². The predicted octanol–water partition coefficient (Wildman–Crippen LogP) is 4.18. The van der Waals surface area contributed by atoms with Crippen LogP contribution < -0.4 is 5.32 Å². The highest BCUT2D eigenvalue weighted by Crippen LogP contribution is 2.26. The predicted molar refractivity (Wildman–Crippen MR) is 73.2 cm³/mol. The van der Waals surface area contributed by atoms with Crippen LogP contribution in [0.2, 0.25) is 5.15 Å². The van der Waals surface area contributed by atoms with Crippen molar-refractivity contribution in [3.63, 3.8) is 0 Å². The number of rotatable bonds is 3. The summed E-state index contributed by atoms with van der Waals surface area (Å²) in [6, 6.07) is 3.97. The lowest BCUT2D eigenvalue weighted by Gasteiger charge is -2.10. The number of anilines is 2. The first-order valence-electron chi connectivity index (χ1n) is 5.31. The van der Waals surface area contributed by atoms with E-state index in [-0.39, 0.29) is 16.7 Å². The van der Waals surface area contributed by atoms with Gasteiger partial charge in [0.1, 0.15) is 22.5 Å². The Morgan fingerprint density at radius 3 is 2.68 bits per heavy atom. The second kappa shape index (κ2) is 5.71. The molecule has 1 aromatic heterocycles. The molecule has 0 fully saturated rings. The number of hydrogen-bond acceptors (Lipinski definition) is 4. The molecule has 0 atom stereocenters. The van der Waals surface area contributed by atoms with Crippen molar-refractivity contribution in [1.29, 1.82) is 0 Å². The van der Waals surface area contributed by atoms with Crippen molar-refractivity contribution in [1.82, 2.24) is 9.97 Å². The zero-order chi connectivity index (χ0) is 14.0. The van der Waals surface area contributed by atoms with Crippen molar-refractivity contribution in [2.24, 2.45) is 0 Å². The molecule has 0 unspecified atom stereocenters. The Morgan fingerprint density at radius 1 is 1.26 bits per heavy atom. The molecular formula is C12H10ClF2N3S. The number of aromatic nitrogens is 2. The molecule has 2 rings (SSSR count). The van der Waals surface area contributed by atoms with E-state index in [0.717, 1.165) is 0 Å². The summed E-state index contributed by atoms with van der Waals surface area (Å²) in [7, 11) is 0. The van der Waals surface area contributed by atoms with Crippen molar-refractivity contribution < 1.29 is 8.78 Å². The second-order valence-corrected chi connectivity index (χ2v) is 4.90. The standard InChI is InChI=1S/C12H10ClF2N3S/c1-6-3-4-7(14)11(10(6)15)17-9-5-8(13)16-12(18-9)19-2/h3-5H,1-2H3,(H,16,17,18). The summed E-state index contributed by atoms with van der Waals surface area (Å²) in [6.07, 6.45) is 1.78. The van der Waals surface area contributed by atoms with E-state index in [1.165, 1.54) is 30.0 Å². The maximum Gasteiger partial charge on any atom is 0.190 e. The fourth-order valence-electron chi connectivity index (χ4n) is 1.45. The normalized spacial score (nSPS) is 10.6. The van der Waals surface area contributed by atoms with Crippen LogP contribution in [0.15, 0.2) is 23.4 Å². The Kier molecular flexibility index (Phi) is 4.21. The molecule has 1 N–H and O–H groups in total. The first kappa shape index (κ1) is 14.0. The van der Waals surface area contributed by atoms with Gasteiger partial charge in [-0.1, -0.05) is 29.4 Å². The minimum atomic E-state index is -0.691. The van der Waals surface area contributed by atoms with Crippen LogP contribution in [0.25, 0.3) is 0 Å². The first-order chi connectivity index (χ1) is 9.01. The minimum absolute atomic E-state index is 0.204. The molecule has 0 amide bonds. The van der Waals surface area contributed by atoms with Gasteiger partial charge in [-0.15, -0.1) is 0 Å². The minimum Gasteiger partial charge on any atom is -0.335 e. The van der Waals surface area contributed by atoms with E-state index < -0.39 is 11.6 Å². The molecule has 3 nitrogen and oxygen atoms in total. The van der Waals surface area contributed by atoms with Crippen LogP contribution in [0, 0.1) is 18.6 Å². The summed E-state index contributed by atoms with van der Waals surface area (Å²) in [5.41, 5.74) is 0.0935. The molecule has 0 bridgehead atoms. The second-order valence-electron chi connectivity index (χ2n) is 3.74. The monoisotopic (exact) mass is 301 g/mol. The van der Waals surface area contributed by atoms with Crippen molar-refractivity contribution in [2.75, 3.05) is 11.6 Å². The maximum absolute atomic E-state index is 13.8. The molecule has 19 heavy (non-hydrogen) atoms. The van der Waals surface area contributed by atoms with E-state index in [4.69, 9.17) is 11.6 Å². The smallest absolute Gasteiger partial charge is 0.190 e. The van der Waals surface area contributed by atoms with Gasteiger partial charge in [0.2, 0.25) is 0 Å². The topological polar surface area (TPSA) is 37.8 Å². The van der Waals surface area contributed by atoms with Gasteiger partial charge in [-0.3, -0.25) is 0 Å². The molecule has 0 aliphatic carbocycles. The van der Waals surface area contributed by atoms with Crippen molar-refractivity contribution >= 4 is 34.9 Å². The third-order valence-corrected chi connectivity index (χ3v) is 3.14. The van der Waals surface area contributed by atoms with Crippen molar-refractivity contribution in [3.05, 3.63) is 40.6 Å². The molecule has 0 aliphatic heterocycles. The molecule has 100 valence electrons. The number of thioether (sulfide) groups is 1. The third-order valence-electron chi connectivity index (χ3n) is 2.39. The van der Waals surface area contributed by atoms with Crippen molar-refractivity contribution in [3.8, 4) is 0 Å². The van der Waals surface area contributed by atoms with Gasteiger partial charge in [-0.2, -0.15) is 0 Å². The molecule has 1 heterocycles. The largest absolute Gasteiger partial charge is 0.335 e. The van der Waals surface area contributed by atoms with Crippen LogP contribution in [-0.2, 0) is 0 Å². The van der Waals surface area contributed by atoms with Crippen LogP contribution in [0.3, 0.4) is 0 Å². The summed E-state index contributed by atoms with van der Waals surface area (Å²) in [5, 5.41) is 3.22. The Morgan fingerprint density at radius 2 is 2.00 bits per heavy atom. The fraction of sp³-hybridized carbons (Fsp3) is 0.167. The zero-order valence-electron chi connectivity index (χ0n) is 10.2. The third kappa shape index (κ3) is 3.13. The van der Waals surface area contributed by atoms with Crippen LogP contribution in [0.4, 0.5) is 20.3 Å². The molecule has 0 aliphatic rings. The Labute approximate surface area is 118 Å². The first-order valence-corrected chi connectivity index (χ1v) is 6.91. The lowest BCUT2D eigenvalue weighted by Crippen LogP contribution is -2.02. The number of hydrogen-bond donors (Lipinski definition) is 1. The summed E-state index contributed by atoms with van der Waals surface area (Å²) < 4.78 is 27.5. The number of aryl methyl sites for hydroxylation is 1. The molecule has 0 saturated heterocycles. The summed E-state index contributed by atoms with van der Waals surface area (Å²) in [5.74, 6) is -1.10. The van der Waals surface area contributed by atoms with Crippen LogP contribution in [0.5, 0.6) is 0 Å².